The number of carbonyl (C=O) groups is 2. The van der Waals surface area contributed by atoms with Crippen molar-refractivity contribution in [3.63, 3.8) is 0 Å². The van der Waals surface area contributed by atoms with Crippen LogP contribution in [0.1, 0.15) is 6.92 Å². The van der Waals surface area contributed by atoms with E-state index in [4.69, 9.17) is 32.7 Å². The number of ether oxygens (including phenoxy) is 2. The first-order valence-electron chi connectivity index (χ1n) is 7.84. The molecule has 0 aliphatic rings. The highest BCUT2D eigenvalue weighted by Crippen LogP contribution is 2.28. The number of anilines is 1. The molecule has 2 aromatic carbocycles. The second-order valence-corrected chi connectivity index (χ2v) is 6.10. The van der Waals surface area contributed by atoms with Gasteiger partial charge in [0.25, 0.3) is 5.91 Å². The number of hydrogen-bond acceptors (Lipinski definition) is 4. The molecule has 0 aromatic heterocycles. The number of nitrogens with one attached hydrogen (secondary N) is 2. The molecule has 2 aromatic rings. The van der Waals surface area contributed by atoms with E-state index in [-0.39, 0.29) is 19.1 Å². The number of benzene rings is 2. The second kappa shape index (κ2) is 9.89. The molecule has 8 heteroatoms. The van der Waals surface area contributed by atoms with Crippen molar-refractivity contribution in [3.05, 3.63) is 58.6 Å². The van der Waals surface area contributed by atoms with Crippen molar-refractivity contribution in [2.45, 2.75) is 13.0 Å². The van der Waals surface area contributed by atoms with Crippen molar-refractivity contribution >= 4 is 40.9 Å². The summed E-state index contributed by atoms with van der Waals surface area (Å²) in [6, 6.07) is 13.6. The minimum atomic E-state index is -0.771. The van der Waals surface area contributed by atoms with E-state index >= 15 is 0 Å². The highest BCUT2D eigenvalue weighted by molar-refractivity contribution is 6.35. The Morgan fingerprint density at radius 1 is 1.12 bits per heavy atom. The molecule has 0 aliphatic heterocycles. The van der Waals surface area contributed by atoms with Crippen LogP contribution in [-0.2, 0) is 9.53 Å². The van der Waals surface area contributed by atoms with E-state index in [0.717, 1.165) is 0 Å². The summed E-state index contributed by atoms with van der Waals surface area (Å²) in [4.78, 5) is 23.6. The van der Waals surface area contributed by atoms with E-state index in [9.17, 15) is 9.59 Å². The van der Waals surface area contributed by atoms with E-state index in [1.165, 1.54) is 6.07 Å². The van der Waals surface area contributed by atoms with Crippen LogP contribution in [0.15, 0.2) is 48.5 Å². The van der Waals surface area contributed by atoms with Gasteiger partial charge in [-0.15, -0.1) is 0 Å². The molecule has 6 nitrogen and oxygen atoms in total. The Hall–Kier alpha value is -2.44. The maximum Gasteiger partial charge on any atom is 0.411 e. The summed E-state index contributed by atoms with van der Waals surface area (Å²) in [7, 11) is 0. The first kappa shape index (κ1) is 19.9. The van der Waals surface area contributed by atoms with Crippen LogP contribution < -0.4 is 15.4 Å². The van der Waals surface area contributed by atoms with Crippen molar-refractivity contribution in [2.75, 3.05) is 18.5 Å². The van der Waals surface area contributed by atoms with E-state index < -0.39 is 12.2 Å². The number of rotatable bonds is 7. The van der Waals surface area contributed by atoms with Gasteiger partial charge >= 0.3 is 6.09 Å². The summed E-state index contributed by atoms with van der Waals surface area (Å²) in [5.74, 6) is 0.000268. The summed E-state index contributed by atoms with van der Waals surface area (Å²) in [6.07, 6.45) is -1.37. The van der Waals surface area contributed by atoms with Crippen molar-refractivity contribution < 1.29 is 19.1 Å². The molecule has 0 aliphatic carbocycles. The minimum Gasteiger partial charge on any atom is -0.479 e. The Bertz CT molecular complexity index is 756. The lowest BCUT2D eigenvalue weighted by Crippen LogP contribution is -2.38. The summed E-state index contributed by atoms with van der Waals surface area (Å²) in [6.45, 7) is 1.77. The van der Waals surface area contributed by atoms with E-state index in [0.29, 0.717) is 21.5 Å². The van der Waals surface area contributed by atoms with E-state index in [2.05, 4.69) is 10.6 Å². The van der Waals surface area contributed by atoms with Crippen LogP contribution in [0, 0.1) is 0 Å². The van der Waals surface area contributed by atoms with Crippen LogP contribution in [0.4, 0.5) is 10.5 Å². The predicted molar refractivity (Wildman–Crippen MR) is 101 cm³/mol. The van der Waals surface area contributed by atoms with E-state index in [1.54, 1.807) is 43.3 Å². The summed E-state index contributed by atoms with van der Waals surface area (Å²) < 4.78 is 10.5. The molecule has 0 saturated carbocycles. The van der Waals surface area contributed by atoms with Gasteiger partial charge in [-0.1, -0.05) is 41.4 Å². The fraction of sp³-hybridized carbons (Fsp3) is 0.222. The first-order valence-corrected chi connectivity index (χ1v) is 8.59. The highest BCUT2D eigenvalue weighted by Gasteiger charge is 2.16. The van der Waals surface area contributed by atoms with Gasteiger partial charge < -0.3 is 14.8 Å². The SMILES string of the molecule is CC(Oc1ccc(Cl)cc1Cl)C(=O)NCCOC(=O)Nc1ccccc1. The third kappa shape index (κ3) is 6.46. The standard InChI is InChI=1S/C18H18Cl2N2O4/c1-12(26-16-8-7-13(19)11-15(16)20)17(23)21-9-10-25-18(24)22-14-5-3-2-4-6-14/h2-8,11-12H,9-10H2,1H3,(H,21,23)(H,22,24). The predicted octanol–water partition coefficient (Wildman–Crippen LogP) is 4.13. The van der Waals surface area contributed by atoms with Crippen LogP contribution in [0.5, 0.6) is 5.75 Å². The zero-order chi connectivity index (χ0) is 18.9. The Morgan fingerprint density at radius 2 is 1.85 bits per heavy atom. The molecule has 0 heterocycles. The molecule has 2 N–H and O–H groups in total. The number of halogens is 2. The Balaban J connectivity index is 1.68. The normalized spacial score (nSPS) is 11.3. The summed E-state index contributed by atoms with van der Waals surface area (Å²) >= 11 is 11.8. The van der Waals surface area contributed by atoms with Gasteiger partial charge in [-0.25, -0.2) is 4.79 Å². The van der Waals surface area contributed by atoms with Gasteiger partial charge in [0, 0.05) is 10.7 Å². The van der Waals surface area contributed by atoms with Crippen LogP contribution in [0.2, 0.25) is 10.0 Å². The van der Waals surface area contributed by atoms with Gasteiger partial charge in [0.1, 0.15) is 12.4 Å². The maximum absolute atomic E-state index is 12.0. The smallest absolute Gasteiger partial charge is 0.411 e. The van der Waals surface area contributed by atoms with Crippen molar-refractivity contribution in [3.8, 4) is 5.75 Å². The quantitative estimate of drug-likeness (QED) is 0.689. The summed E-state index contributed by atoms with van der Waals surface area (Å²) in [5.41, 5.74) is 0.628. The second-order valence-electron chi connectivity index (χ2n) is 5.25. The van der Waals surface area contributed by atoms with E-state index in [1.807, 2.05) is 6.07 Å². The fourth-order valence-electron chi connectivity index (χ4n) is 1.95. The van der Waals surface area contributed by atoms with Crippen molar-refractivity contribution in [2.24, 2.45) is 0 Å². The molecule has 0 spiro atoms. The van der Waals surface area contributed by atoms with Gasteiger partial charge in [0.2, 0.25) is 0 Å². The Labute approximate surface area is 161 Å². The molecule has 0 bridgehead atoms. The molecule has 0 saturated heterocycles. The average Bonchev–Trinajstić information content (AvgIpc) is 2.61. The topological polar surface area (TPSA) is 76.7 Å². The molecule has 1 atom stereocenters. The number of carbonyl (C=O) groups excluding carboxylic acids is 2. The number of para-hydroxylation sites is 1. The number of hydrogen-bond donors (Lipinski definition) is 2. The molecule has 0 fully saturated rings. The molecule has 0 radical (unpaired) electrons. The van der Waals surface area contributed by atoms with Gasteiger partial charge in [0.15, 0.2) is 6.10 Å². The number of amides is 2. The lowest BCUT2D eigenvalue weighted by molar-refractivity contribution is -0.127. The molecule has 2 amide bonds. The molecule has 1 unspecified atom stereocenters. The Morgan fingerprint density at radius 3 is 2.54 bits per heavy atom. The zero-order valence-corrected chi connectivity index (χ0v) is 15.5. The molecular formula is C18H18Cl2N2O4. The monoisotopic (exact) mass is 396 g/mol. The van der Waals surface area contributed by atoms with Crippen LogP contribution in [0.25, 0.3) is 0 Å². The van der Waals surface area contributed by atoms with Crippen LogP contribution in [-0.4, -0.2) is 31.3 Å². The summed E-state index contributed by atoms with van der Waals surface area (Å²) in [5, 5.41) is 5.98. The van der Waals surface area contributed by atoms with Gasteiger partial charge in [-0.2, -0.15) is 0 Å². The fourth-order valence-corrected chi connectivity index (χ4v) is 2.40. The van der Waals surface area contributed by atoms with Crippen LogP contribution >= 0.6 is 23.2 Å². The molecule has 2 rings (SSSR count). The molecule has 138 valence electrons. The first-order chi connectivity index (χ1) is 12.5. The lowest BCUT2D eigenvalue weighted by Gasteiger charge is -2.15. The van der Waals surface area contributed by atoms with Crippen molar-refractivity contribution in [1.82, 2.24) is 5.32 Å². The third-order valence-corrected chi connectivity index (χ3v) is 3.75. The highest BCUT2D eigenvalue weighted by atomic mass is 35.5. The minimum absolute atomic E-state index is 0.0266. The Kier molecular flexibility index (Phi) is 7.56. The lowest BCUT2D eigenvalue weighted by atomic mass is 10.3. The third-order valence-electron chi connectivity index (χ3n) is 3.22. The molecule has 26 heavy (non-hydrogen) atoms. The van der Waals surface area contributed by atoms with Gasteiger partial charge in [-0.3, -0.25) is 10.1 Å². The average molecular weight is 397 g/mol. The zero-order valence-electron chi connectivity index (χ0n) is 14.0. The largest absolute Gasteiger partial charge is 0.479 e. The van der Waals surface area contributed by atoms with Crippen molar-refractivity contribution in [1.29, 1.82) is 0 Å². The maximum atomic E-state index is 12.0. The van der Waals surface area contributed by atoms with Crippen LogP contribution in [0.3, 0.4) is 0 Å². The van der Waals surface area contributed by atoms with Gasteiger partial charge in [0.05, 0.1) is 11.6 Å². The molecular weight excluding hydrogens is 379 g/mol. The van der Waals surface area contributed by atoms with Gasteiger partial charge in [-0.05, 0) is 37.3 Å².